The van der Waals surface area contributed by atoms with E-state index in [4.69, 9.17) is 10.5 Å². The molecule has 1 unspecified atom stereocenters. The normalized spacial score (nSPS) is 18.3. The molecule has 0 saturated carbocycles. The minimum absolute atomic E-state index is 0.0532. The van der Waals surface area contributed by atoms with Gasteiger partial charge in [-0.2, -0.15) is 0 Å². The van der Waals surface area contributed by atoms with Gasteiger partial charge >= 0.3 is 0 Å². The zero-order chi connectivity index (χ0) is 15.2. The Morgan fingerprint density at radius 3 is 2.90 bits per heavy atom. The molecule has 1 saturated heterocycles. The Balaban J connectivity index is 2.16. The first-order chi connectivity index (χ1) is 10.1. The second-order valence-electron chi connectivity index (χ2n) is 5.28. The lowest BCUT2D eigenvalue weighted by Crippen LogP contribution is -2.45. The maximum absolute atomic E-state index is 12.7. The van der Waals surface area contributed by atoms with Gasteiger partial charge in [0, 0.05) is 24.6 Å². The van der Waals surface area contributed by atoms with Crippen molar-refractivity contribution < 1.29 is 14.3 Å². The van der Waals surface area contributed by atoms with E-state index < -0.39 is 0 Å². The van der Waals surface area contributed by atoms with Crippen LogP contribution in [0.2, 0.25) is 0 Å². The van der Waals surface area contributed by atoms with Crippen molar-refractivity contribution in [1.29, 1.82) is 0 Å². The van der Waals surface area contributed by atoms with Gasteiger partial charge in [-0.15, -0.1) is 0 Å². The molecule has 2 rings (SSSR count). The van der Waals surface area contributed by atoms with Crippen LogP contribution in [0, 0.1) is 0 Å². The molecule has 0 aliphatic carbocycles. The number of carbonyl (C=O) groups excluding carboxylic acids is 2. The number of hydrogen-bond donors (Lipinski definition) is 1. The van der Waals surface area contributed by atoms with E-state index in [1.165, 1.54) is 0 Å². The molecule has 1 fully saturated rings. The summed E-state index contributed by atoms with van der Waals surface area (Å²) in [5.74, 6) is 0.275. The zero-order valence-electron chi connectivity index (χ0n) is 12.4. The molecule has 5 heteroatoms. The summed E-state index contributed by atoms with van der Waals surface area (Å²) in [6, 6.07) is 7.09. The number of carbonyl (C=O) groups is 2. The Kier molecular flexibility index (Phi) is 5.20. The van der Waals surface area contributed by atoms with E-state index in [1.54, 1.807) is 17.0 Å². The molecule has 1 aliphatic heterocycles. The van der Waals surface area contributed by atoms with Crippen LogP contribution >= 0.6 is 0 Å². The third-order valence-corrected chi connectivity index (χ3v) is 3.72. The number of piperidine rings is 1. The van der Waals surface area contributed by atoms with Gasteiger partial charge < -0.3 is 15.4 Å². The van der Waals surface area contributed by atoms with E-state index in [9.17, 15) is 9.59 Å². The van der Waals surface area contributed by atoms with Gasteiger partial charge in [0.05, 0.1) is 6.61 Å². The molecule has 1 aliphatic rings. The highest BCUT2D eigenvalue weighted by molar-refractivity contribution is 5.95. The third kappa shape index (κ3) is 3.97. The Labute approximate surface area is 125 Å². The van der Waals surface area contributed by atoms with Crippen LogP contribution in [0.4, 0.5) is 0 Å². The Morgan fingerprint density at radius 1 is 1.38 bits per heavy atom. The van der Waals surface area contributed by atoms with E-state index in [2.05, 4.69) is 0 Å². The van der Waals surface area contributed by atoms with Crippen LogP contribution in [0.25, 0.3) is 0 Å². The highest BCUT2D eigenvalue weighted by atomic mass is 16.5. The molecule has 21 heavy (non-hydrogen) atoms. The molecule has 0 aromatic heterocycles. The summed E-state index contributed by atoms with van der Waals surface area (Å²) >= 11 is 0. The second kappa shape index (κ2) is 7.11. The lowest BCUT2D eigenvalue weighted by molar-refractivity contribution is -0.119. The average Bonchev–Trinajstić information content (AvgIpc) is 2.47. The van der Waals surface area contributed by atoms with Crippen molar-refractivity contribution in [1.82, 2.24) is 4.90 Å². The largest absolute Gasteiger partial charge is 0.494 e. The topological polar surface area (TPSA) is 72.6 Å². The highest BCUT2D eigenvalue weighted by Gasteiger charge is 2.28. The number of hydrogen-bond acceptors (Lipinski definition) is 3. The third-order valence-electron chi connectivity index (χ3n) is 3.72. The van der Waals surface area contributed by atoms with Crippen LogP contribution in [-0.4, -0.2) is 35.9 Å². The number of ether oxygens (including phenoxy) is 1. The monoisotopic (exact) mass is 290 g/mol. The Bertz CT molecular complexity index is 516. The SMILES string of the molecule is CCOc1cccc(C(=O)N2CCCCC2CC(N)=O)c1. The Morgan fingerprint density at radius 2 is 2.19 bits per heavy atom. The van der Waals surface area contributed by atoms with Gasteiger partial charge in [0.1, 0.15) is 5.75 Å². The lowest BCUT2D eigenvalue weighted by Gasteiger charge is -2.35. The van der Waals surface area contributed by atoms with E-state index >= 15 is 0 Å². The molecule has 1 aromatic carbocycles. The summed E-state index contributed by atoms with van der Waals surface area (Å²) in [7, 11) is 0. The van der Waals surface area contributed by atoms with Crippen molar-refractivity contribution >= 4 is 11.8 Å². The number of likely N-dealkylation sites (tertiary alicyclic amines) is 1. The van der Waals surface area contributed by atoms with E-state index in [0.29, 0.717) is 24.5 Å². The minimum atomic E-state index is -0.359. The van der Waals surface area contributed by atoms with Crippen molar-refractivity contribution in [2.75, 3.05) is 13.2 Å². The van der Waals surface area contributed by atoms with Gasteiger partial charge in [-0.1, -0.05) is 6.07 Å². The highest BCUT2D eigenvalue weighted by Crippen LogP contribution is 2.23. The standard InChI is InChI=1S/C16H22N2O3/c1-2-21-14-8-5-6-12(10-14)16(20)18-9-4-3-7-13(18)11-15(17)19/h5-6,8,10,13H,2-4,7,9,11H2,1H3,(H2,17,19). The first-order valence-electron chi connectivity index (χ1n) is 7.44. The summed E-state index contributed by atoms with van der Waals surface area (Å²) in [5.41, 5.74) is 5.89. The van der Waals surface area contributed by atoms with E-state index in [1.807, 2.05) is 19.1 Å². The molecule has 1 aromatic rings. The summed E-state index contributed by atoms with van der Waals surface area (Å²) in [5, 5.41) is 0. The fourth-order valence-electron chi connectivity index (χ4n) is 2.76. The number of benzene rings is 1. The van der Waals surface area contributed by atoms with Crippen LogP contribution in [0.15, 0.2) is 24.3 Å². The predicted molar refractivity (Wildman–Crippen MR) is 80.1 cm³/mol. The lowest BCUT2D eigenvalue weighted by atomic mass is 9.98. The van der Waals surface area contributed by atoms with Gasteiger partial charge in [-0.3, -0.25) is 9.59 Å². The molecule has 0 bridgehead atoms. The molecule has 2 amide bonds. The van der Waals surface area contributed by atoms with Gasteiger partial charge in [0.2, 0.25) is 5.91 Å². The maximum Gasteiger partial charge on any atom is 0.254 e. The van der Waals surface area contributed by atoms with Crippen molar-refractivity contribution in [3.8, 4) is 5.75 Å². The molecular weight excluding hydrogens is 268 g/mol. The van der Waals surface area contributed by atoms with Crippen LogP contribution in [0.3, 0.4) is 0 Å². The van der Waals surface area contributed by atoms with Crippen LogP contribution in [0.5, 0.6) is 5.75 Å². The number of rotatable bonds is 5. The number of primary amides is 1. The van der Waals surface area contributed by atoms with Crippen LogP contribution in [0.1, 0.15) is 43.0 Å². The first kappa shape index (κ1) is 15.4. The number of nitrogens with two attached hydrogens (primary N) is 1. The molecule has 114 valence electrons. The summed E-state index contributed by atoms with van der Waals surface area (Å²) in [6.45, 7) is 3.14. The van der Waals surface area contributed by atoms with Crippen LogP contribution < -0.4 is 10.5 Å². The second-order valence-corrected chi connectivity index (χ2v) is 5.28. The van der Waals surface area contributed by atoms with Gasteiger partial charge in [0.15, 0.2) is 0 Å². The maximum atomic E-state index is 12.7. The summed E-state index contributed by atoms with van der Waals surface area (Å²) in [6.07, 6.45) is 3.06. The van der Waals surface area contributed by atoms with Gasteiger partial charge in [0.25, 0.3) is 5.91 Å². The first-order valence-corrected chi connectivity index (χ1v) is 7.44. The van der Waals surface area contributed by atoms with Gasteiger partial charge in [-0.25, -0.2) is 0 Å². The molecule has 5 nitrogen and oxygen atoms in total. The number of nitrogens with zero attached hydrogens (tertiary/aromatic N) is 1. The van der Waals surface area contributed by atoms with Crippen molar-refractivity contribution in [3.05, 3.63) is 29.8 Å². The fraction of sp³-hybridized carbons (Fsp3) is 0.500. The van der Waals surface area contributed by atoms with Crippen molar-refractivity contribution in [3.63, 3.8) is 0 Å². The molecule has 0 spiro atoms. The average molecular weight is 290 g/mol. The smallest absolute Gasteiger partial charge is 0.254 e. The van der Waals surface area contributed by atoms with E-state index in [-0.39, 0.29) is 24.3 Å². The summed E-state index contributed by atoms with van der Waals surface area (Å²) in [4.78, 5) is 25.6. The van der Waals surface area contributed by atoms with Gasteiger partial charge in [-0.05, 0) is 44.4 Å². The molecule has 1 atom stereocenters. The summed E-state index contributed by atoms with van der Waals surface area (Å²) < 4.78 is 5.43. The zero-order valence-corrected chi connectivity index (χ0v) is 12.4. The molecule has 2 N–H and O–H groups in total. The minimum Gasteiger partial charge on any atom is -0.494 e. The fourth-order valence-corrected chi connectivity index (χ4v) is 2.76. The quantitative estimate of drug-likeness (QED) is 0.901. The van der Waals surface area contributed by atoms with Crippen LogP contribution in [-0.2, 0) is 4.79 Å². The predicted octanol–water partition coefficient (Wildman–Crippen LogP) is 1.96. The molecule has 1 heterocycles. The van der Waals surface area contributed by atoms with E-state index in [0.717, 1.165) is 19.3 Å². The number of amides is 2. The van der Waals surface area contributed by atoms with Crippen molar-refractivity contribution in [2.45, 2.75) is 38.6 Å². The van der Waals surface area contributed by atoms with Crippen molar-refractivity contribution in [2.24, 2.45) is 5.73 Å². The molecule has 0 radical (unpaired) electrons. The molecular formula is C16H22N2O3. The Hall–Kier alpha value is -2.04.